The molecular formula is C17H34N2O. The molecule has 0 saturated carbocycles. The van der Waals surface area contributed by atoms with Gasteiger partial charge < -0.3 is 10.2 Å². The molecule has 20 heavy (non-hydrogen) atoms. The molecule has 1 rings (SSSR count). The van der Waals surface area contributed by atoms with E-state index in [1.165, 1.54) is 19.3 Å². The lowest BCUT2D eigenvalue weighted by Gasteiger charge is -2.29. The van der Waals surface area contributed by atoms with Gasteiger partial charge in [-0.3, -0.25) is 4.79 Å². The van der Waals surface area contributed by atoms with Gasteiger partial charge in [0.05, 0.1) is 0 Å². The van der Waals surface area contributed by atoms with E-state index in [0.717, 1.165) is 32.4 Å². The Kier molecular flexibility index (Phi) is 7.01. The van der Waals surface area contributed by atoms with E-state index in [2.05, 4.69) is 37.9 Å². The predicted octanol–water partition coefficient (Wildman–Crippen LogP) is 3.44. The lowest BCUT2D eigenvalue weighted by atomic mass is 9.77. The van der Waals surface area contributed by atoms with Crippen LogP contribution in [0.3, 0.4) is 0 Å². The van der Waals surface area contributed by atoms with Crippen molar-refractivity contribution in [2.45, 2.75) is 72.3 Å². The first-order valence-corrected chi connectivity index (χ1v) is 8.29. The average Bonchev–Trinajstić information content (AvgIpc) is 2.56. The fourth-order valence-electron chi connectivity index (χ4n) is 3.04. The van der Waals surface area contributed by atoms with Gasteiger partial charge in [0.1, 0.15) is 0 Å². The normalized spacial score (nSPS) is 22.8. The van der Waals surface area contributed by atoms with Gasteiger partial charge in [0.15, 0.2) is 0 Å². The molecule has 1 saturated heterocycles. The quantitative estimate of drug-likeness (QED) is 0.757. The van der Waals surface area contributed by atoms with Crippen LogP contribution in [0, 0.1) is 11.3 Å². The van der Waals surface area contributed by atoms with Crippen LogP contribution in [0.5, 0.6) is 0 Å². The Morgan fingerprint density at radius 3 is 2.60 bits per heavy atom. The zero-order valence-corrected chi connectivity index (χ0v) is 14.2. The van der Waals surface area contributed by atoms with Crippen molar-refractivity contribution in [1.82, 2.24) is 10.2 Å². The number of carbonyl (C=O) groups excluding carboxylic acids is 1. The van der Waals surface area contributed by atoms with Gasteiger partial charge in [-0.1, -0.05) is 27.2 Å². The third-order valence-electron chi connectivity index (χ3n) is 4.84. The van der Waals surface area contributed by atoms with Gasteiger partial charge in [-0.25, -0.2) is 0 Å². The number of likely N-dealkylation sites (tertiary alicyclic amines) is 1. The largest absolute Gasteiger partial charge is 0.343 e. The summed E-state index contributed by atoms with van der Waals surface area (Å²) in [5.41, 5.74) is 0.332. The molecule has 2 atom stereocenters. The second-order valence-corrected chi connectivity index (χ2v) is 7.46. The highest BCUT2D eigenvalue weighted by molar-refractivity contribution is 5.76. The maximum absolute atomic E-state index is 12.2. The lowest BCUT2D eigenvalue weighted by Crippen LogP contribution is -2.32. The molecule has 1 aliphatic rings. The van der Waals surface area contributed by atoms with Crippen LogP contribution in [0.4, 0.5) is 0 Å². The molecule has 0 spiro atoms. The van der Waals surface area contributed by atoms with Crippen molar-refractivity contribution in [1.29, 1.82) is 0 Å². The number of carbonyl (C=O) groups is 1. The minimum absolute atomic E-state index is 0.332. The number of hydrogen-bond acceptors (Lipinski definition) is 2. The van der Waals surface area contributed by atoms with Gasteiger partial charge in [0, 0.05) is 25.6 Å². The van der Waals surface area contributed by atoms with Gasteiger partial charge >= 0.3 is 0 Å². The van der Waals surface area contributed by atoms with Gasteiger partial charge in [0.2, 0.25) is 5.91 Å². The van der Waals surface area contributed by atoms with Crippen LogP contribution in [0.1, 0.15) is 66.2 Å². The predicted molar refractivity (Wildman–Crippen MR) is 85.7 cm³/mol. The summed E-state index contributed by atoms with van der Waals surface area (Å²) in [5, 5.41) is 3.26. The molecule has 0 radical (unpaired) electrons. The van der Waals surface area contributed by atoms with E-state index in [9.17, 15) is 4.79 Å². The first-order valence-electron chi connectivity index (χ1n) is 8.29. The monoisotopic (exact) mass is 282 g/mol. The SMILES string of the molecule is CNC(C)CCCCN1CCC(C(C)(C)C)CCC1=O. The van der Waals surface area contributed by atoms with E-state index >= 15 is 0 Å². The molecule has 1 N–H and O–H groups in total. The summed E-state index contributed by atoms with van der Waals surface area (Å²) in [6, 6.07) is 0.583. The van der Waals surface area contributed by atoms with Crippen molar-refractivity contribution < 1.29 is 4.79 Å². The van der Waals surface area contributed by atoms with Crippen molar-refractivity contribution in [2.24, 2.45) is 11.3 Å². The van der Waals surface area contributed by atoms with E-state index in [-0.39, 0.29) is 0 Å². The molecule has 2 unspecified atom stereocenters. The molecule has 0 aromatic carbocycles. The number of amides is 1. The molecule has 0 aliphatic carbocycles. The van der Waals surface area contributed by atoms with Gasteiger partial charge in [-0.2, -0.15) is 0 Å². The van der Waals surface area contributed by atoms with Crippen molar-refractivity contribution >= 4 is 5.91 Å². The molecule has 1 aliphatic heterocycles. The van der Waals surface area contributed by atoms with Crippen LogP contribution in [0.2, 0.25) is 0 Å². The number of nitrogens with zero attached hydrogens (tertiary/aromatic N) is 1. The molecule has 0 aromatic heterocycles. The smallest absolute Gasteiger partial charge is 0.222 e. The van der Waals surface area contributed by atoms with Gasteiger partial charge in [-0.15, -0.1) is 0 Å². The minimum Gasteiger partial charge on any atom is -0.343 e. The minimum atomic E-state index is 0.332. The Bertz CT molecular complexity index is 296. The Morgan fingerprint density at radius 1 is 1.30 bits per heavy atom. The number of rotatable bonds is 6. The second kappa shape index (κ2) is 8.02. The fourth-order valence-corrected chi connectivity index (χ4v) is 3.04. The molecule has 3 heteroatoms. The van der Waals surface area contributed by atoms with Crippen LogP contribution in [0.25, 0.3) is 0 Å². The third-order valence-corrected chi connectivity index (χ3v) is 4.84. The zero-order valence-electron chi connectivity index (χ0n) is 14.2. The average molecular weight is 282 g/mol. The summed E-state index contributed by atoms with van der Waals surface area (Å²) < 4.78 is 0. The molecule has 0 aromatic rings. The molecule has 1 fully saturated rings. The van der Waals surface area contributed by atoms with Crippen molar-refractivity contribution in [3.8, 4) is 0 Å². The standard InChI is InChI=1S/C17H34N2O/c1-14(18-5)8-6-7-12-19-13-11-15(17(2,3)4)9-10-16(19)20/h14-15,18H,6-13H2,1-5H3. The van der Waals surface area contributed by atoms with Crippen molar-refractivity contribution in [3.05, 3.63) is 0 Å². The van der Waals surface area contributed by atoms with Crippen LogP contribution in [-0.2, 0) is 4.79 Å². The topological polar surface area (TPSA) is 32.3 Å². The Labute approximate surface area is 125 Å². The summed E-state index contributed by atoms with van der Waals surface area (Å²) in [6.45, 7) is 11.0. The summed E-state index contributed by atoms with van der Waals surface area (Å²) >= 11 is 0. The third kappa shape index (κ3) is 5.82. The molecule has 118 valence electrons. The van der Waals surface area contributed by atoms with E-state index < -0.39 is 0 Å². The van der Waals surface area contributed by atoms with E-state index in [1.807, 2.05) is 7.05 Å². The summed E-state index contributed by atoms with van der Waals surface area (Å²) in [6.07, 6.45) is 6.52. The molecule has 1 heterocycles. The van der Waals surface area contributed by atoms with E-state index in [4.69, 9.17) is 0 Å². The lowest BCUT2D eigenvalue weighted by molar-refractivity contribution is -0.130. The highest BCUT2D eigenvalue weighted by Gasteiger charge is 2.29. The molecule has 1 amide bonds. The van der Waals surface area contributed by atoms with Crippen LogP contribution in [-0.4, -0.2) is 37.0 Å². The number of hydrogen-bond donors (Lipinski definition) is 1. The first-order chi connectivity index (χ1) is 9.34. The van der Waals surface area contributed by atoms with Crippen molar-refractivity contribution in [2.75, 3.05) is 20.1 Å². The summed E-state index contributed by atoms with van der Waals surface area (Å²) in [4.78, 5) is 14.3. The van der Waals surface area contributed by atoms with Crippen LogP contribution >= 0.6 is 0 Å². The molecule has 3 nitrogen and oxygen atoms in total. The van der Waals surface area contributed by atoms with Gasteiger partial charge in [0.25, 0.3) is 0 Å². The zero-order chi connectivity index (χ0) is 15.2. The highest BCUT2D eigenvalue weighted by atomic mass is 16.2. The van der Waals surface area contributed by atoms with Gasteiger partial charge in [-0.05, 0) is 51.0 Å². The van der Waals surface area contributed by atoms with E-state index in [1.54, 1.807) is 0 Å². The summed E-state index contributed by atoms with van der Waals surface area (Å²) in [5.74, 6) is 1.05. The van der Waals surface area contributed by atoms with E-state index in [0.29, 0.717) is 23.3 Å². The number of unbranched alkanes of at least 4 members (excludes halogenated alkanes) is 1. The number of nitrogens with one attached hydrogen (secondary N) is 1. The summed E-state index contributed by atoms with van der Waals surface area (Å²) in [7, 11) is 2.01. The Morgan fingerprint density at radius 2 is 2.00 bits per heavy atom. The maximum Gasteiger partial charge on any atom is 0.222 e. The second-order valence-electron chi connectivity index (χ2n) is 7.46. The maximum atomic E-state index is 12.2. The Hall–Kier alpha value is -0.570. The fraction of sp³-hybridized carbons (Fsp3) is 0.941. The first kappa shape index (κ1) is 17.5. The molecule has 0 bridgehead atoms. The van der Waals surface area contributed by atoms with Crippen molar-refractivity contribution in [3.63, 3.8) is 0 Å². The van der Waals surface area contributed by atoms with Crippen LogP contribution < -0.4 is 5.32 Å². The highest BCUT2D eigenvalue weighted by Crippen LogP contribution is 2.34. The molecular weight excluding hydrogens is 248 g/mol. The Balaban J connectivity index is 2.34. The van der Waals surface area contributed by atoms with Crippen LogP contribution in [0.15, 0.2) is 0 Å².